The van der Waals surface area contributed by atoms with Crippen LogP contribution < -0.4 is 10.6 Å². The Morgan fingerprint density at radius 2 is 1.92 bits per heavy atom. The maximum Gasteiger partial charge on any atom is 0.472 e. The van der Waals surface area contributed by atoms with E-state index < -0.39 is 42.5 Å². The predicted molar refractivity (Wildman–Crippen MR) is 135 cm³/mol. The molecule has 6 rings (SSSR count). The molecular formula is C22H23N6O8PS. The maximum atomic E-state index is 13.8. The third kappa shape index (κ3) is 4.12. The summed E-state index contributed by atoms with van der Waals surface area (Å²) in [6.45, 7) is -0.320. The third-order valence-electron chi connectivity index (χ3n) is 6.45. The minimum atomic E-state index is -4.48. The van der Waals surface area contributed by atoms with Gasteiger partial charge in [-0.3, -0.25) is 17.8 Å². The predicted octanol–water partition coefficient (Wildman–Crippen LogP) is 1.81. The zero-order valence-corrected chi connectivity index (χ0v) is 21.8. The van der Waals surface area contributed by atoms with Crippen LogP contribution in [0.25, 0.3) is 21.9 Å². The smallest absolute Gasteiger partial charge is 0.382 e. The molecule has 0 bridgehead atoms. The average Bonchev–Trinajstić information content (AvgIpc) is 3.44. The molecule has 4 heterocycles. The highest BCUT2D eigenvalue weighted by molar-refractivity contribution is 7.87. The number of imidazole rings is 1. The summed E-state index contributed by atoms with van der Waals surface area (Å²) in [5.74, 6) is 0.112. The van der Waals surface area contributed by atoms with Gasteiger partial charge >= 0.3 is 7.82 Å². The molecule has 2 aliphatic rings. The van der Waals surface area contributed by atoms with Crippen LogP contribution in [0.15, 0.2) is 53.9 Å². The molecule has 0 aliphatic carbocycles. The lowest BCUT2D eigenvalue weighted by atomic mass is 10.1. The Morgan fingerprint density at radius 1 is 1.16 bits per heavy atom. The molecule has 1 unspecified atom stereocenters. The lowest BCUT2D eigenvalue weighted by Gasteiger charge is -2.29. The van der Waals surface area contributed by atoms with Gasteiger partial charge in [-0.2, -0.15) is 8.42 Å². The van der Waals surface area contributed by atoms with Crippen molar-refractivity contribution in [2.24, 2.45) is 0 Å². The normalized spacial score (nSPS) is 27.6. The van der Waals surface area contributed by atoms with E-state index in [0.717, 1.165) is 5.69 Å². The number of nitrogens with two attached hydrogens (primary N) is 1. The molecule has 2 saturated heterocycles. The number of hydrogen-bond acceptors (Lipinski definition) is 12. The third-order valence-corrected chi connectivity index (χ3v) is 8.81. The highest BCUT2D eigenvalue weighted by Gasteiger charge is 2.55. The van der Waals surface area contributed by atoms with Gasteiger partial charge in [-0.05, 0) is 12.1 Å². The highest BCUT2D eigenvalue weighted by atomic mass is 32.2. The fourth-order valence-corrected chi connectivity index (χ4v) is 7.03. The Kier molecular flexibility index (Phi) is 5.92. The lowest BCUT2D eigenvalue weighted by Crippen LogP contribution is -2.41. The van der Waals surface area contributed by atoms with E-state index in [2.05, 4.69) is 15.0 Å². The van der Waals surface area contributed by atoms with E-state index in [1.165, 1.54) is 23.3 Å². The second kappa shape index (κ2) is 8.95. The number of anilines is 2. The SMILES string of the molecule is CN(C)c1cccc2c(S(=O)(=O)O[C@@H]3[C@@H]4OP(=O)(O)OC[C@H]4O[C@H]3n3cnc4c(N)ncnc43)cccc12. The van der Waals surface area contributed by atoms with Crippen molar-refractivity contribution in [3.8, 4) is 0 Å². The summed E-state index contributed by atoms with van der Waals surface area (Å²) in [5.41, 5.74) is 7.24. The van der Waals surface area contributed by atoms with Crippen molar-refractivity contribution < 1.29 is 35.8 Å². The van der Waals surface area contributed by atoms with Gasteiger partial charge in [-0.15, -0.1) is 0 Å². The highest BCUT2D eigenvalue weighted by Crippen LogP contribution is 2.53. The van der Waals surface area contributed by atoms with Crippen molar-refractivity contribution in [1.82, 2.24) is 19.5 Å². The number of fused-ring (bicyclic) bond motifs is 3. The van der Waals surface area contributed by atoms with E-state index in [1.54, 1.807) is 18.2 Å². The summed E-state index contributed by atoms with van der Waals surface area (Å²) in [6.07, 6.45) is -2.18. The monoisotopic (exact) mass is 562 g/mol. The Bertz CT molecular complexity index is 1710. The summed E-state index contributed by atoms with van der Waals surface area (Å²) in [5, 5.41) is 1.15. The first kappa shape index (κ1) is 25.1. The fourth-order valence-electron chi connectivity index (χ4n) is 4.77. The van der Waals surface area contributed by atoms with Gasteiger partial charge < -0.3 is 20.3 Å². The molecule has 2 aliphatic heterocycles. The Morgan fingerprint density at radius 3 is 2.71 bits per heavy atom. The molecule has 2 fully saturated rings. The van der Waals surface area contributed by atoms with Gasteiger partial charge in [-0.1, -0.05) is 24.3 Å². The van der Waals surface area contributed by atoms with Crippen molar-refractivity contribution in [2.45, 2.75) is 29.4 Å². The molecular weight excluding hydrogens is 539 g/mol. The number of rotatable bonds is 5. The van der Waals surface area contributed by atoms with Crippen LogP contribution in [0.5, 0.6) is 0 Å². The van der Waals surface area contributed by atoms with Crippen molar-refractivity contribution >= 4 is 51.4 Å². The standard InChI is InChI=1S/C22H23N6O8PS/c1-27(2)14-7-3-6-13-12(14)5-4-8-16(13)38(31,32)36-19-18-15(9-33-37(29,30)35-18)34-22(19)28-11-26-17-20(23)24-10-25-21(17)28/h3-8,10-11,15,18-19,22H,9H2,1-2H3,(H,29,30)(H2,23,24,25)/t15-,18-,19-,22-/m1/s1. The first-order valence-electron chi connectivity index (χ1n) is 11.4. The molecule has 2 aromatic carbocycles. The molecule has 5 atom stereocenters. The van der Waals surface area contributed by atoms with Gasteiger partial charge in [0, 0.05) is 30.6 Å². The van der Waals surface area contributed by atoms with E-state index in [4.69, 9.17) is 23.7 Å². The van der Waals surface area contributed by atoms with Crippen molar-refractivity contribution in [3.63, 3.8) is 0 Å². The molecule has 4 aromatic rings. The fraction of sp³-hybridized carbons (Fsp3) is 0.318. The maximum absolute atomic E-state index is 13.8. The average molecular weight is 563 g/mol. The molecule has 0 amide bonds. The zero-order chi connectivity index (χ0) is 26.8. The van der Waals surface area contributed by atoms with Gasteiger partial charge in [0.1, 0.15) is 28.9 Å². The van der Waals surface area contributed by atoms with Crippen LogP contribution >= 0.6 is 7.82 Å². The Balaban J connectivity index is 1.45. The Hall–Kier alpha value is -3.17. The molecule has 0 saturated carbocycles. The summed E-state index contributed by atoms with van der Waals surface area (Å²) >= 11 is 0. The van der Waals surface area contributed by atoms with Crippen LogP contribution in [-0.2, 0) is 32.7 Å². The van der Waals surface area contributed by atoms with E-state index in [1.807, 2.05) is 31.1 Å². The van der Waals surface area contributed by atoms with Crippen LogP contribution in [0.3, 0.4) is 0 Å². The zero-order valence-electron chi connectivity index (χ0n) is 20.1. The Labute approximate surface area is 216 Å². The van der Waals surface area contributed by atoms with E-state index in [-0.39, 0.29) is 28.5 Å². The molecule has 2 aromatic heterocycles. The minimum Gasteiger partial charge on any atom is -0.382 e. The van der Waals surface area contributed by atoms with Gasteiger partial charge in [-0.25, -0.2) is 19.5 Å². The second-order valence-corrected chi connectivity index (χ2v) is 12.0. The first-order valence-corrected chi connectivity index (χ1v) is 14.3. The van der Waals surface area contributed by atoms with E-state index in [0.29, 0.717) is 10.8 Å². The molecule has 200 valence electrons. The summed E-state index contributed by atoms with van der Waals surface area (Å²) in [4.78, 5) is 24.1. The van der Waals surface area contributed by atoms with Crippen LogP contribution in [-0.4, -0.2) is 71.8 Å². The summed E-state index contributed by atoms with van der Waals surface area (Å²) in [6, 6.07) is 10.2. The van der Waals surface area contributed by atoms with Gasteiger partial charge in [0.15, 0.2) is 23.8 Å². The van der Waals surface area contributed by atoms with Crippen molar-refractivity contribution in [3.05, 3.63) is 49.1 Å². The first-order chi connectivity index (χ1) is 18.1. The molecule has 16 heteroatoms. The van der Waals surface area contributed by atoms with Crippen LogP contribution in [0.4, 0.5) is 11.5 Å². The lowest BCUT2D eigenvalue weighted by molar-refractivity contribution is -0.0663. The van der Waals surface area contributed by atoms with E-state index in [9.17, 15) is 17.9 Å². The number of nitrogens with zero attached hydrogens (tertiary/aromatic N) is 5. The van der Waals surface area contributed by atoms with Crippen LogP contribution in [0.2, 0.25) is 0 Å². The minimum absolute atomic E-state index is 0.0813. The van der Waals surface area contributed by atoms with Gasteiger partial charge in [0.2, 0.25) is 0 Å². The molecule has 0 spiro atoms. The van der Waals surface area contributed by atoms with Gasteiger partial charge in [0.25, 0.3) is 10.1 Å². The van der Waals surface area contributed by atoms with Crippen molar-refractivity contribution in [2.75, 3.05) is 31.3 Å². The number of nitrogen functional groups attached to an aromatic ring is 1. The number of hydrogen-bond donors (Lipinski definition) is 2. The number of aromatic nitrogens is 4. The topological polar surface area (TPSA) is 181 Å². The largest absolute Gasteiger partial charge is 0.472 e. The number of ether oxygens (including phenoxy) is 1. The van der Waals surface area contributed by atoms with Crippen LogP contribution in [0.1, 0.15) is 6.23 Å². The molecule has 0 radical (unpaired) electrons. The summed E-state index contributed by atoms with van der Waals surface area (Å²) in [7, 11) is -5.23. The molecule has 38 heavy (non-hydrogen) atoms. The molecule has 14 nitrogen and oxygen atoms in total. The number of phosphoric ester groups is 1. The van der Waals surface area contributed by atoms with Crippen molar-refractivity contribution in [1.29, 1.82) is 0 Å². The quantitative estimate of drug-likeness (QED) is 0.266. The van der Waals surface area contributed by atoms with E-state index >= 15 is 0 Å². The van der Waals surface area contributed by atoms with Gasteiger partial charge in [0.05, 0.1) is 12.9 Å². The number of benzene rings is 2. The second-order valence-electron chi connectivity index (χ2n) is 9.02. The number of phosphoric acid groups is 1. The summed E-state index contributed by atoms with van der Waals surface area (Å²) < 4.78 is 63.2. The molecule has 3 N–H and O–H groups in total. The van der Waals surface area contributed by atoms with Crippen LogP contribution in [0, 0.1) is 0 Å².